The van der Waals surface area contributed by atoms with E-state index in [1.807, 2.05) is 6.26 Å². The van der Waals surface area contributed by atoms with Crippen molar-refractivity contribution in [2.24, 2.45) is 0 Å². The number of carboxylic acid groups (broad SMARTS) is 1. The second kappa shape index (κ2) is 8.27. The number of hydrogen-bond donors (Lipinski definition) is 2. The highest BCUT2D eigenvalue weighted by Gasteiger charge is 2.20. The number of unbranched alkanes of at least 4 members (excludes halogenated alkanes) is 1. The van der Waals surface area contributed by atoms with Crippen LogP contribution >= 0.6 is 11.8 Å². The van der Waals surface area contributed by atoms with E-state index < -0.39 is 12.0 Å². The van der Waals surface area contributed by atoms with Crippen LogP contribution in [-0.4, -0.2) is 53.6 Å². The number of nitrogens with zero attached hydrogens (tertiary/aromatic N) is 1. The van der Waals surface area contributed by atoms with Crippen molar-refractivity contribution in [1.29, 1.82) is 0 Å². The monoisotopic (exact) mass is 248 g/mol. The van der Waals surface area contributed by atoms with Crippen molar-refractivity contribution in [3.8, 4) is 0 Å². The molecule has 94 valence electrons. The first-order valence-electron chi connectivity index (χ1n) is 5.23. The molecule has 0 spiro atoms. The van der Waals surface area contributed by atoms with E-state index in [2.05, 4.69) is 5.32 Å². The number of amides is 2. The Morgan fingerprint density at radius 2 is 2.06 bits per heavy atom. The molecule has 0 aliphatic heterocycles. The van der Waals surface area contributed by atoms with Crippen molar-refractivity contribution in [3.63, 3.8) is 0 Å². The number of thioether (sulfide) groups is 1. The minimum atomic E-state index is -1.000. The van der Waals surface area contributed by atoms with Gasteiger partial charge in [0, 0.05) is 13.6 Å². The van der Waals surface area contributed by atoms with Crippen molar-refractivity contribution >= 4 is 23.8 Å². The van der Waals surface area contributed by atoms with Crippen LogP contribution in [0.4, 0.5) is 4.79 Å². The molecular weight excluding hydrogens is 228 g/mol. The topological polar surface area (TPSA) is 69.6 Å². The highest BCUT2D eigenvalue weighted by Crippen LogP contribution is 1.99. The summed E-state index contributed by atoms with van der Waals surface area (Å²) in [6, 6.07) is -1.13. The van der Waals surface area contributed by atoms with Crippen LogP contribution < -0.4 is 5.32 Å². The Labute approximate surface area is 101 Å². The first-order valence-corrected chi connectivity index (χ1v) is 6.62. The average molecular weight is 248 g/mol. The van der Waals surface area contributed by atoms with Gasteiger partial charge in [-0.2, -0.15) is 11.8 Å². The first kappa shape index (κ1) is 15.1. The normalized spacial score (nSPS) is 11.9. The number of hydrogen-bond acceptors (Lipinski definition) is 3. The molecule has 0 aromatic rings. The first-order chi connectivity index (χ1) is 7.50. The van der Waals surface area contributed by atoms with Gasteiger partial charge in [0.25, 0.3) is 0 Å². The summed E-state index contributed by atoms with van der Waals surface area (Å²) in [6.07, 6.45) is 4.02. The standard InChI is InChI=1S/C10H20N2O3S/c1-8(9(13)14)12(2)10(15)11-6-4-5-7-16-3/h8H,4-7H2,1-3H3,(H,11,15)(H,13,14). The predicted molar refractivity (Wildman–Crippen MR) is 65.9 cm³/mol. The van der Waals surface area contributed by atoms with Crippen LogP contribution in [0.5, 0.6) is 0 Å². The summed E-state index contributed by atoms with van der Waals surface area (Å²) >= 11 is 1.77. The summed E-state index contributed by atoms with van der Waals surface area (Å²) in [7, 11) is 1.48. The maximum Gasteiger partial charge on any atom is 0.326 e. The molecule has 0 bridgehead atoms. The molecule has 16 heavy (non-hydrogen) atoms. The molecule has 0 heterocycles. The lowest BCUT2D eigenvalue weighted by atomic mass is 10.3. The highest BCUT2D eigenvalue weighted by molar-refractivity contribution is 7.98. The molecule has 0 saturated heterocycles. The van der Waals surface area contributed by atoms with E-state index in [0.29, 0.717) is 6.54 Å². The minimum absolute atomic E-state index is 0.334. The second-order valence-electron chi connectivity index (χ2n) is 3.56. The maximum atomic E-state index is 11.5. The van der Waals surface area contributed by atoms with E-state index in [9.17, 15) is 9.59 Å². The number of nitrogens with one attached hydrogen (secondary N) is 1. The van der Waals surface area contributed by atoms with Gasteiger partial charge in [-0.1, -0.05) is 0 Å². The molecule has 0 fully saturated rings. The molecule has 0 aliphatic rings. The molecule has 1 unspecified atom stereocenters. The fourth-order valence-electron chi connectivity index (χ4n) is 1.03. The fraction of sp³-hybridized carbons (Fsp3) is 0.800. The van der Waals surface area contributed by atoms with Gasteiger partial charge in [-0.15, -0.1) is 0 Å². The lowest BCUT2D eigenvalue weighted by molar-refractivity contribution is -0.141. The summed E-state index contributed by atoms with van der Waals surface area (Å²) in [5, 5.41) is 11.4. The van der Waals surface area contributed by atoms with Crippen LogP contribution in [0.25, 0.3) is 0 Å². The number of rotatable bonds is 7. The predicted octanol–water partition coefficient (Wildman–Crippen LogP) is 1.24. The van der Waals surface area contributed by atoms with E-state index in [4.69, 9.17) is 5.11 Å². The molecular formula is C10H20N2O3S. The van der Waals surface area contributed by atoms with Crippen LogP contribution in [0.1, 0.15) is 19.8 Å². The SMILES string of the molecule is CSCCCCNC(=O)N(C)C(C)C(=O)O. The fourth-order valence-corrected chi connectivity index (χ4v) is 1.53. The van der Waals surface area contributed by atoms with Crippen molar-refractivity contribution in [3.05, 3.63) is 0 Å². The minimum Gasteiger partial charge on any atom is -0.480 e. The van der Waals surface area contributed by atoms with Crippen LogP contribution in [0.3, 0.4) is 0 Å². The van der Waals surface area contributed by atoms with E-state index >= 15 is 0 Å². The number of carbonyl (C=O) groups excluding carboxylic acids is 1. The third-order valence-corrected chi connectivity index (χ3v) is 3.01. The van der Waals surface area contributed by atoms with E-state index in [0.717, 1.165) is 18.6 Å². The van der Waals surface area contributed by atoms with Gasteiger partial charge in [-0.3, -0.25) is 0 Å². The van der Waals surface area contributed by atoms with E-state index in [1.165, 1.54) is 18.9 Å². The summed E-state index contributed by atoms with van der Waals surface area (Å²) in [4.78, 5) is 23.3. The van der Waals surface area contributed by atoms with Gasteiger partial charge in [0.2, 0.25) is 0 Å². The maximum absolute atomic E-state index is 11.5. The van der Waals surface area contributed by atoms with E-state index in [1.54, 1.807) is 11.8 Å². The number of carbonyl (C=O) groups is 2. The van der Waals surface area contributed by atoms with Crippen molar-refractivity contribution in [2.75, 3.05) is 25.6 Å². The van der Waals surface area contributed by atoms with E-state index in [-0.39, 0.29) is 6.03 Å². The molecule has 2 N–H and O–H groups in total. The molecule has 6 heteroatoms. The summed E-state index contributed by atoms with van der Waals surface area (Å²) in [5.74, 6) is 0.0806. The van der Waals surface area contributed by atoms with Gasteiger partial charge >= 0.3 is 12.0 Å². The van der Waals surface area contributed by atoms with Crippen molar-refractivity contribution in [1.82, 2.24) is 10.2 Å². The van der Waals surface area contributed by atoms with Crippen LogP contribution in [0.15, 0.2) is 0 Å². The zero-order valence-corrected chi connectivity index (χ0v) is 10.8. The summed E-state index contributed by atoms with van der Waals surface area (Å²) in [5.41, 5.74) is 0. The molecule has 0 saturated carbocycles. The lowest BCUT2D eigenvalue weighted by Gasteiger charge is -2.21. The number of aliphatic carboxylic acids is 1. The molecule has 5 nitrogen and oxygen atoms in total. The van der Waals surface area contributed by atoms with Gasteiger partial charge in [-0.05, 0) is 31.8 Å². The Kier molecular flexibility index (Phi) is 7.80. The Bertz CT molecular complexity index is 236. The number of carboxylic acids is 1. The highest BCUT2D eigenvalue weighted by atomic mass is 32.2. The van der Waals surface area contributed by atoms with Crippen molar-refractivity contribution < 1.29 is 14.7 Å². The van der Waals surface area contributed by atoms with Gasteiger partial charge < -0.3 is 15.3 Å². The van der Waals surface area contributed by atoms with Gasteiger partial charge in [0.15, 0.2) is 0 Å². The molecule has 0 aromatic heterocycles. The molecule has 2 amide bonds. The molecule has 0 radical (unpaired) electrons. The molecule has 0 rings (SSSR count). The summed E-state index contributed by atoms with van der Waals surface area (Å²) < 4.78 is 0. The second-order valence-corrected chi connectivity index (χ2v) is 4.54. The van der Waals surface area contributed by atoms with Gasteiger partial charge in [0.1, 0.15) is 6.04 Å². The van der Waals surface area contributed by atoms with Crippen LogP contribution in [0.2, 0.25) is 0 Å². The largest absolute Gasteiger partial charge is 0.480 e. The third-order valence-electron chi connectivity index (χ3n) is 2.31. The zero-order valence-electron chi connectivity index (χ0n) is 10.0. The Hall–Kier alpha value is -0.910. The Morgan fingerprint density at radius 1 is 1.44 bits per heavy atom. The van der Waals surface area contributed by atoms with Crippen molar-refractivity contribution in [2.45, 2.75) is 25.8 Å². The van der Waals surface area contributed by atoms with Crippen LogP contribution in [0, 0.1) is 0 Å². The van der Waals surface area contributed by atoms with Gasteiger partial charge in [0.05, 0.1) is 0 Å². The zero-order chi connectivity index (χ0) is 12.6. The number of likely N-dealkylation sites (N-methyl/N-ethyl adjacent to an activating group) is 1. The molecule has 0 aromatic carbocycles. The quantitative estimate of drug-likeness (QED) is 0.665. The van der Waals surface area contributed by atoms with Crippen LogP contribution in [-0.2, 0) is 4.79 Å². The Morgan fingerprint density at radius 3 is 2.56 bits per heavy atom. The molecule has 0 aliphatic carbocycles. The Balaban J connectivity index is 3.75. The third kappa shape index (κ3) is 5.85. The summed E-state index contributed by atoms with van der Waals surface area (Å²) in [6.45, 7) is 2.08. The average Bonchev–Trinajstić information content (AvgIpc) is 2.26. The smallest absolute Gasteiger partial charge is 0.326 e. The van der Waals surface area contributed by atoms with Gasteiger partial charge in [-0.25, -0.2) is 9.59 Å². The molecule has 1 atom stereocenters. The number of urea groups is 1. The lowest BCUT2D eigenvalue weighted by Crippen LogP contribution is -2.45.